The summed E-state index contributed by atoms with van der Waals surface area (Å²) in [5.74, 6) is 0.768. The zero-order chi connectivity index (χ0) is 22.1. The predicted octanol–water partition coefficient (Wildman–Crippen LogP) is 4.06. The summed E-state index contributed by atoms with van der Waals surface area (Å²) in [6.07, 6.45) is 0.810. The first kappa shape index (κ1) is 23.5. The molecule has 0 fully saturated rings. The van der Waals surface area contributed by atoms with Crippen LogP contribution in [0.1, 0.15) is 32.8 Å². The van der Waals surface area contributed by atoms with Crippen molar-refractivity contribution >= 4 is 23.4 Å². The molecule has 0 aliphatic heterocycles. The molecule has 0 unspecified atom stereocenters. The number of nitrogens with zero attached hydrogens (tertiary/aromatic N) is 1. The van der Waals surface area contributed by atoms with Gasteiger partial charge in [-0.25, -0.2) is 0 Å². The fourth-order valence-electron chi connectivity index (χ4n) is 2.73. The third kappa shape index (κ3) is 6.95. The minimum atomic E-state index is -0.651. The minimum absolute atomic E-state index is 0.0305. The van der Waals surface area contributed by atoms with Gasteiger partial charge in [0.1, 0.15) is 17.5 Å². The molecule has 2 atom stereocenters. The number of rotatable bonds is 10. The van der Waals surface area contributed by atoms with Gasteiger partial charge in [-0.2, -0.15) is 0 Å². The van der Waals surface area contributed by atoms with Crippen molar-refractivity contribution in [1.29, 1.82) is 0 Å². The summed E-state index contributed by atoms with van der Waals surface area (Å²) in [7, 11) is 1.58. The molecule has 1 N–H and O–H groups in total. The van der Waals surface area contributed by atoms with Gasteiger partial charge in [0.05, 0.1) is 7.11 Å². The van der Waals surface area contributed by atoms with Gasteiger partial charge in [-0.05, 0) is 62.2 Å². The zero-order valence-corrected chi connectivity index (χ0v) is 18.6. The molecular formula is C23H29ClN2O4. The van der Waals surface area contributed by atoms with E-state index in [1.165, 1.54) is 4.90 Å². The summed E-state index contributed by atoms with van der Waals surface area (Å²) in [6.45, 7) is 5.74. The third-order valence-corrected chi connectivity index (χ3v) is 5.11. The van der Waals surface area contributed by atoms with Gasteiger partial charge in [-0.1, -0.05) is 30.7 Å². The van der Waals surface area contributed by atoms with Crippen molar-refractivity contribution in [2.75, 3.05) is 13.7 Å². The summed E-state index contributed by atoms with van der Waals surface area (Å²) in [4.78, 5) is 27.2. The summed E-state index contributed by atoms with van der Waals surface area (Å²) >= 11 is 5.96. The lowest BCUT2D eigenvalue weighted by molar-refractivity contribution is -0.142. The van der Waals surface area contributed by atoms with Gasteiger partial charge in [0.25, 0.3) is 5.91 Å². The second-order valence-electron chi connectivity index (χ2n) is 7.11. The Morgan fingerprint density at radius 1 is 1.03 bits per heavy atom. The van der Waals surface area contributed by atoms with E-state index >= 15 is 0 Å². The van der Waals surface area contributed by atoms with Crippen LogP contribution in [-0.4, -0.2) is 42.5 Å². The van der Waals surface area contributed by atoms with Crippen molar-refractivity contribution in [1.82, 2.24) is 10.2 Å². The molecule has 0 spiro atoms. The lowest BCUT2D eigenvalue weighted by Crippen LogP contribution is -2.50. The lowest BCUT2D eigenvalue weighted by Gasteiger charge is -2.29. The molecule has 30 heavy (non-hydrogen) atoms. The first-order valence-electron chi connectivity index (χ1n) is 9.95. The van der Waals surface area contributed by atoms with Gasteiger partial charge < -0.3 is 19.7 Å². The smallest absolute Gasteiger partial charge is 0.261 e. The Morgan fingerprint density at radius 3 is 2.20 bits per heavy atom. The molecule has 162 valence electrons. The van der Waals surface area contributed by atoms with Crippen LogP contribution in [-0.2, 0) is 16.1 Å². The molecule has 7 heteroatoms. The third-order valence-electron chi connectivity index (χ3n) is 4.86. The van der Waals surface area contributed by atoms with E-state index in [-0.39, 0.29) is 31.0 Å². The summed E-state index contributed by atoms with van der Waals surface area (Å²) < 4.78 is 10.8. The van der Waals surface area contributed by atoms with E-state index in [0.717, 1.165) is 12.0 Å². The number of hydrogen-bond acceptors (Lipinski definition) is 4. The molecule has 0 radical (unpaired) electrons. The van der Waals surface area contributed by atoms with Gasteiger partial charge in [-0.3, -0.25) is 9.59 Å². The topological polar surface area (TPSA) is 67.9 Å². The van der Waals surface area contributed by atoms with Crippen LogP contribution in [0.4, 0.5) is 0 Å². The zero-order valence-electron chi connectivity index (χ0n) is 17.9. The molecule has 0 saturated heterocycles. The largest absolute Gasteiger partial charge is 0.497 e. The fourth-order valence-corrected chi connectivity index (χ4v) is 2.86. The highest BCUT2D eigenvalue weighted by molar-refractivity contribution is 6.30. The highest BCUT2D eigenvalue weighted by Crippen LogP contribution is 2.18. The van der Waals surface area contributed by atoms with E-state index in [2.05, 4.69) is 5.32 Å². The van der Waals surface area contributed by atoms with Crippen molar-refractivity contribution in [3.63, 3.8) is 0 Å². The molecule has 2 amide bonds. The van der Waals surface area contributed by atoms with Crippen LogP contribution in [0.15, 0.2) is 48.5 Å². The Bertz CT molecular complexity index is 824. The standard InChI is InChI=1S/C23H29ClN2O4/c1-5-16(2)25-23(28)17(3)26(14-18-6-8-19(24)9-7-18)22(27)15-30-21-12-10-20(29-4)11-13-21/h6-13,16-17H,5,14-15H2,1-4H3,(H,25,28)/t16-,17+/m0/s1. The van der Waals surface area contributed by atoms with E-state index in [0.29, 0.717) is 16.5 Å². The number of benzene rings is 2. The number of carbonyl (C=O) groups excluding carboxylic acids is 2. The quantitative estimate of drug-likeness (QED) is 0.614. The van der Waals surface area contributed by atoms with E-state index in [4.69, 9.17) is 21.1 Å². The van der Waals surface area contributed by atoms with Crippen LogP contribution in [0.2, 0.25) is 5.02 Å². The van der Waals surface area contributed by atoms with Gasteiger partial charge >= 0.3 is 0 Å². The van der Waals surface area contributed by atoms with Crippen LogP contribution < -0.4 is 14.8 Å². The molecule has 2 rings (SSSR count). The number of carbonyl (C=O) groups is 2. The number of halogens is 1. The Hall–Kier alpha value is -2.73. The number of nitrogens with one attached hydrogen (secondary N) is 1. The van der Waals surface area contributed by atoms with Crippen LogP contribution in [0.3, 0.4) is 0 Å². The van der Waals surface area contributed by atoms with Gasteiger partial charge in [0, 0.05) is 17.6 Å². The number of methoxy groups -OCH3 is 1. The average Bonchev–Trinajstić information content (AvgIpc) is 2.76. The first-order chi connectivity index (χ1) is 14.3. The average molecular weight is 433 g/mol. The van der Waals surface area contributed by atoms with Crippen LogP contribution >= 0.6 is 11.6 Å². The normalized spacial score (nSPS) is 12.6. The Morgan fingerprint density at radius 2 is 1.63 bits per heavy atom. The van der Waals surface area contributed by atoms with E-state index in [1.807, 2.05) is 26.0 Å². The van der Waals surface area contributed by atoms with Crippen molar-refractivity contribution in [2.24, 2.45) is 0 Å². The van der Waals surface area contributed by atoms with Crippen molar-refractivity contribution in [3.8, 4) is 11.5 Å². The SMILES string of the molecule is CC[C@H](C)NC(=O)[C@@H](C)N(Cc1ccc(Cl)cc1)C(=O)COc1ccc(OC)cc1. The maximum absolute atomic E-state index is 13.0. The fraction of sp³-hybridized carbons (Fsp3) is 0.391. The van der Waals surface area contributed by atoms with Crippen molar-refractivity contribution < 1.29 is 19.1 Å². The second-order valence-corrected chi connectivity index (χ2v) is 7.54. The first-order valence-corrected chi connectivity index (χ1v) is 10.3. The maximum Gasteiger partial charge on any atom is 0.261 e. The Balaban J connectivity index is 2.12. The molecule has 0 saturated carbocycles. The molecular weight excluding hydrogens is 404 g/mol. The Labute approximate surface area is 183 Å². The van der Waals surface area contributed by atoms with Gasteiger partial charge in [0.15, 0.2) is 6.61 Å². The van der Waals surface area contributed by atoms with Gasteiger partial charge in [0.2, 0.25) is 5.91 Å². The summed E-state index contributed by atoms with van der Waals surface area (Å²) in [6, 6.07) is 13.6. The monoisotopic (exact) mass is 432 g/mol. The van der Waals surface area contributed by atoms with Crippen molar-refractivity contribution in [3.05, 3.63) is 59.1 Å². The van der Waals surface area contributed by atoms with E-state index in [1.54, 1.807) is 50.4 Å². The predicted molar refractivity (Wildman–Crippen MR) is 118 cm³/mol. The van der Waals surface area contributed by atoms with E-state index in [9.17, 15) is 9.59 Å². The van der Waals surface area contributed by atoms with E-state index < -0.39 is 6.04 Å². The second kappa shape index (κ2) is 11.5. The molecule has 2 aromatic carbocycles. The summed E-state index contributed by atoms with van der Waals surface area (Å²) in [5, 5.41) is 3.55. The minimum Gasteiger partial charge on any atom is -0.497 e. The van der Waals surface area contributed by atoms with Crippen LogP contribution in [0.25, 0.3) is 0 Å². The van der Waals surface area contributed by atoms with Gasteiger partial charge in [-0.15, -0.1) is 0 Å². The van der Waals surface area contributed by atoms with Crippen LogP contribution in [0.5, 0.6) is 11.5 Å². The molecule has 0 aromatic heterocycles. The number of hydrogen-bond donors (Lipinski definition) is 1. The Kier molecular flexibility index (Phi) is 8.99. The highest BCUT2D eigenvalue weighted by atomic mass is 35.5. The molecule has 0 bridgehead atoms. The molecule has 0 aliphatic rings. The molecule has 2 aromatic rings. The number of ether oxygens (including phenoxy) is 2. The maximum atomic E-state index is 13.0. The molecule has 0 aliphatic carbocycles. The van der Waals surface area contributed by atoms with Crippen molar-refractivity contribution in [2.45, 2.75) is 45.8 Å². The highest BCUT2D eigenvalue weighted by Gasteiger charge is 2.27. The lowest BCUT2D eigenvalue weighted by atomic mass is 10.1. The molecule has 6 nitrogen and oxygen atoms in total. The molecule has 0 heterocycles. The van der Waals surface area contributed by atoms with Crippen LogP contribution in [0, 0.1) is 0 Å². The summed E-state index contributed by atoms with van der Waals surface area (Å²) in [5.41, 5.74) is 0.875. The number of amides is 2.